The summed E-state index contributed by atoms with van der Waals surface area (Å²) >= 11 is 0. The van der Waals surface area contributed by atoms with Crippen LogP contribution in [0.1, 0.15) is 30.8 Å². The number of para-hydroxylation sites is 2. The van der Waals surface area contributed by atoms with Gasteiger partial charge >= 0.3 is 0 Å². The normalized spacial score (nSPS) is 12.8. The number of fused-ring (bicyclic) bond motifs is 1. The van der Waals surface area contributed by atoms with Gasteiger partial charge in [0, 0.05) is 19.1 Å². The van der Waals surface area contributed by atoms with E-state index in [2.05, 4.69) is 58.8 Å². The molecule has 0 spiro atoms. The third-order valence-electron chi connectivity index (χ3n) is 4.46. The molecule has 0 bridgehead atoms. The number of benzene rings is 2. The molecule has 0 saturated carbocycles. The van der Waals surface area contributed by atoms with Crippen molar-refractivity contribution in [2.75, 3.05) is 13.6 Å². The summed E-state index contributed by atoms with van der Waals surface area (Å²) in [5.74, 6) is 0.746. The lowest BCUT2D eigenvalue weighted by atomic mass is 10.1. The number of imidazole rings is 1. The average Bonchev–Trinajstić information content (AvgIpc) is 2.99. The Labute approximate surface area is 143 Å². The van der Waals surface area contributed by atoms with E-state index >= 15 is 0 Å². The van der Waals surface area contributed by atoms with E-state index in [4.69, 9.17) is 0 Å². The second-order valence-electron chi connectivity index (χ2n) is 6.29. The predicted molar refractivity (Wildman–Crippen MR) is 97.8 cm³/mol. The van der Waals surface area contributed by atoms with Crippen LogP contribution in [0.4, 0.5) is 0 Å². The molecule has 0 aliphatic carbocycles. The Morgan fingerprint density at radius 3 is 2.50 bits per heavy atom. The first kappa shape index (κ1) is 16.7. The van der Waals surface area contributed by atoms with Gasteiger partial charge in [0.2, 0.25) is 0 Å². The lowest BCUT2D eigenvalue weighted by molar-refractivity contribution is 0.237. The minimum Gasteiger partial charge on any atom is -0.388 e. The van der Waals surface area contributed by atoms with Crippen LogP contribution in [0.25, 0.3) is 11.0 Å². The minimum absolute atomic E-state index is 0.0341. The zero-order chi connectivity index (χ0) is 16.9. The topological polar surface area (TPSA) is 41.3 Å². The molecule has 2 aromatic carbocycles. The molecule has 4 nitrogen and oxygen atoms in total. The molecule has 1 aromatic heterocycles. The highest BCUT2D eigenvalue weighted by Gasteiger charge is 2.19. The fraction of sp³-hybridized carbons (Fsp3) is 0.350. The van der Waals surface area contributed by atoms with Gasteiger partial charge in [0.05, 0.1) is 11.0 Å². The second-order valence-corrected chi connectivity index (χ2v) is 6.29. The molecule has 126 valence electrons. The minimum atomic E-state index is -0.0341. The number of aliphatic hydroxyl groups is 1. The SMILES string of the molecule is CC[C@@H](CN(C)Cc1ccccc1)n1c(CO)nc2ccccc21. The molecule has 0 radical (unpaired) electrons. The second kappa shape index (κ2) is 7.60. The largest absolute Gasteiger partial charge is 0.388 e. The Kier molecular flexibility index (Phi) is 5.28. The predicted octanol–water partition coefficient (Wildman–Crippen LogP) is 3.61. The molecule has 3 aromatic rings. The Morgan fingerprint density at radius 2 is 1.79 bits per heavy atom. The van der Waals surface area contributed by atoms with E-state index in [1.54, 1.807) is 0 Å². The summed E-state index contributed by atoms with van der Waals surface area (Å²) in [5.41, 5.74) is 3.36. The third-order valence-corrected chi connectivity index (χ3v) is 4.46. The number of likely N-dealkylation sites (N-methyl/N-ethyl adjacent to an activating group) is 1. The van der Waals surface area contributed by atoms with Gasteiger partial charge in [-0.1, -0.05) is 49.4 Å². The van der Waals surface area contributed by atoms with Crippen molar-refractivity contribution >= 4 is 11.0 Å². The van der Waals surface area contributed by atoms with Gasteiger partial charge in [0.1, 0.15) is 12.4 Å². The van der Waals surface area contributed by atoms with Crippen LogP contribution < -0.4 is 0 Å². The maximum absolute atomic E-state index is 9.74. The van der Waals surface area contributed by atoms with Crippen LogP contribution in [0.15, 0.2) is 54.6 Å². The van der Waals surface area contributed by atoms with Gasteiger partial charge in [-0.15, -0.1) is 0 Å². The highest BCUT2D eigenvalue weighted by Crippen LogP contribution is 2.24. The first-order valence-corrected chi connectivity index (χ1v) is 8.52. The zero-order valence-corrected chi connectivity index (χ0v) is 14.4. The molecular formula is C20H25N3O. The van der Waals surface area contributed by atoms with Gasteiger partial charge < -0.3 is 14.6 Å². The van der Waals surface area contributed by atoms with E-state index in [9.17, 15) is 5.11 Å². The van der Waals surface area contributed by atoms with Crippen molar-refractivity contribution in [1.29, 1.82) is 0 Å². The van der Waals surface area contributed by atoms with Crippen molar-refractivity contribution in [1.82, 2.24) is 14.5 Å². The highest BCUT2D eigenvalue weighted by molar-refractivity contribution is 5.76. The first-order valence-electron chi connectivity index (χ1n) is 8.52. The summed E-state index contributed by atoms with van der Waals surface area (Å²) in [6, 6.07) is 18.9. The standard InChI is InChI=1S/C20H25N3O/c1-3-17(14-22(2)13-16-9-5-4-6-10-16)23-19-12-8-7-11-18(19)21-20(23)15-24/h4-12,17,24H,3,13-15H2,1-2H3/t17-/m0/s1. The van der Waals surface area contributed by atoms with Gasteiger partial charge in [0.15, 0.2) is 0 Å². The van der Waals surface area contributed by atoms with E-state index < -0.39 is 0 Å². The lowest BCUT2D eigenvalue weighted by Crippen LogP contribution is -2.28. The van der Waals surface area contributed by atoms with Gasteiger partial charge in [0.25, 0.3) is 0 Å². The molecule has 0 amide bonds. The molecule has 0 fully saturated rings. The molecular weight excluding hydrogens is 298 g/mol. The van der Waals surface area contributed by atoms with Crippen LogP contribution in [0, 0.1) is 0 Å². The number of aliphatic hydroxyl groups excluding tert-OH is 1. The monoisotopic (exact) mass is 323 g/mol. The number of aromatic nitrogens is 2. The number of hydrogen-bond acceptors (Lipinski definition) is 3. The van der Waals surface area contributed by atoms with Crippen molar-refractivity contribution in [3.05, 3.63) is 66.0 Å². The Bertz CT molecular complexity index is 782. The molecule has 0 unspecified atom stereocenters. The molecule has 0 saturated heterocycles. The number of hydrogen-bond donors (Lipinski definition) is 1. The van der Waals surface area contributed by atoms with Gasteiger partial charge in [-0.25, -0.2) is 4.98 Å². The number of rotatable bonds is 7. The Balaban J connectivity index is 1.83. The molecule has 1 heterocycles. The number of nitrogens with zero attached hydrogens (tertiary/aromatic N) is 3. The molecule has 1 N–H and O–H groups in total. The first-order chi connectivity index (χ1) is 11.7. The van der Waals surface area contributed by atoms with E-state index in [0.717, 1.165) is 36.4 Å². The van der Waals surface area contributed by atoms with Crippen molar-refractivity contribution in [2.24, 2.45) is 0 Å². The van der Waals surface area contributed by atoms with Gasteiger partial charge in [-0.2, -0.15) is 0 Å². The lowest BCUT2D eigenvalue weighted by Gasteiger charge is -2.26. The van der Waals surface area contributed by atoms with E-state index in [1.807, 2.05) is 24.3 Å². The summed E-state index contributed by atoms with van der Waals surface area (Å²) in [7, 11) is 2.15. The fourth-order valence-electron chi connectivity index (χ4n) is 3.33. The van der Waals surface area contributed by atoms with Crippen molar-refractivity contribution in [2.45, 2.75) is 32.5 Å². The molecule has 24 heavy (non-hydrogen) atoms. The van der Waals surface area contributed by atoms with Crippen molar-refractivity contribution < 1.29 is 5.11 Å². The van der Waals surface area contributed by atoms with Crippen LogP contribution in [0.2, 0.25) is 0 Å². The maximum Gasteiger partial charge on any atom is 0.136 e. The summed E-state index contributed by atoms with van der Waals surface area (Å²) in [6.45, 7) is 3.99. The summed E-state index contributed by atoms with van der Waals surface area (Å²) < 4.78 is 2.21. The quantitative estimate of drug-likeness (QED) is 0.722. The molecule has 0 aliphatic heterocycles. The fourth-order valence-corrected chi connectivity index (χ4v) is 3.33. The van der Waals surface area contributed by atoms with Crippen LogP contribution in [-0.4, -0.2) is 33.1 Å². The molecule has 3 rings (SSSR count). The van der Waals surface area contributed by atoms with Crippen molar-refractivity contribution in [3.63, 3.8) is 0 Å². The van der Waals surface area contributed by atoms with E-state index in [-0.39, 0.29) is 12.6 Å². The summed E-state index contributed by atoms with van der Waals surface area (Å²) in [5, 5.41) is 9.74. The summed E-state index contributed by atoms with van der Waals surface area (Å²) in [4.78, 5) is 6.92. The summed E-state index contributed by atoms with van der Waals surface area (Å²) in [6.07, 6.45) is 0.993. The van der Waals surface area contributed by atoms with Crippen LogP contribution in [-0.2, 0) is 13.2 Å². The van der Waals surface area contributed by atoms with E-state index in [1.165, 1.54) is 5.56 Å². The highest BCUT2D eigenvalue weighted by atomic mass is 16.3. The Morgan fingerprint density at radius 1 is 1.08 bits per heavy atom. The van der Waals surface area contributed by atoms with Crippen LogP contribution >= 0.6 is 0 Å². The average molecular weight is 323 g/mol. The Hall–Kier alpha value is -2.17. The molecule has 4 heteroatoms. The third kappa shape index (κ3) is 3.50. The zero-order valence-electron chi connectivity index (χ0n) is 14.4. The van der Waals surface area contributed by atoms with Crippen LogP contribution in [0.3, 0.4) is 0 Å². The van der Waals surface area contributed by atoms with Gasteiger partial charge in [-0.05, 0) is 31.2 Å². The smallest absolute Gasteiger partial charge is 0.136 e. The van der Waals surface area contributed by atoms with E-state index in [0.29, 0.717) is 0 Å². The maximum atomic E-state index is 9.74. The van der Waals surface area contributed by atoms with Crippen LogP contribution in [0.5, 0.6) is 0 Å². The van der Waals surface area contributed by atoms with Crippen molar-refractivity contribution in [3.8, 4) is 0 Å². The molecule has 0 aliphatic rings. The molecule has 1 atom stereocenters. The van der Waals surface area contributed by atoms with Gasteiger partial charge in [-0.3, -0.25) is 0 Å².